The van der Waals surface area contributed by atoms with Crippen molar-refractivity contribution in [1.82, 2.24) is 0 Å². The number of hydrogen-bond donors (Lipinski definition) is 1. The zero-order valence-corrected chi connectivity index (χ0v) is 15.0. The highest BCUT2D eigenvalue weighted by Crippen LogP contribution is 2.13. The van der Waals surface area contributed by atoms with Gasteiger partial charge in [-0.3, -0.25) is 0 Å². The minimum absolute atomic E-state index is 0.363. The van der Waals surface area contributed by atoms with E-state index in [-0.39, 0.29) is 0 Å². The van der Waals surface area contributed by atoms with Gasteiger partial charge in [-0.05, 0) is 55.5 Å². The molecule has 2 aromatic carbocycles. The Kier molecular flexibility index (Phi) is 9.86. The van der Waals surface area contributed by atoms with Crippen molar-refractivity contribution in [2.24, 2.45) is 0 Å². The fourth-order valence-electron chi connectivity index (χ4n) is 2.43. The molecule has 2 rings (SSSR count). The molecule has 0 aromatic heterocycles. The van der Waals surface area contributed by atoms with Crippen molar-refractivity contribution < 1.29 is 5.11 Å². The molecule has 0 unspecified atom stereocenters. The molecule has 0 saturated carbocycles. The monoisotopic (exact) mass is 312 g/mol. The number of phenols is 1. The van der Waals surface area contributed by atoms with E-state index in [1.807, 2.05) is 12.1 Å². The molecule has 0 spiro atoms. The minimum Gasteiger partial charge on any atom is -0.508 e. The van der Waals surface area contributed by atoms with E-state index in [0.717, 1.165) is 6.42 Å². The summed E-state index contributed by atoms with van der Waals surface area (Å²) in [4.78, 5) is 0. The molecule has 0 aliphatic rings. The average Bonchev–Trinajstić information content (AvgIpc) is 2.56. The molecule has 0 atom stereocenters. The van der Waals surface area contributed by atoms with Crippen LogP contribution < -0.4 is 0 Å². The Hall–Kier alpha value is -1.76. The second kappa shape index (κ2) is 11.8. The van der Waals surface area contributed by atoms with Gasteiger partial charge in [0.15, 0.2) is 0 Å². The fourth-order valence-corrected chi connectivity index (χ4v) is 2.43. The van der Waals surface area contributed by atoms with Crippen molar-refractivity contribution >= 4 is 0 Å². The van der Waals surface area contributed by atoms with Crippen molar-refractivity contribution in [3.63, 3.8) is 0 Å². The summed E-state index contributed by atoms with van der Waals surface area (Å²) in [5.74, 6) is 0.363. The summed E-state index contributed by atoms with van der Waals surface area (Å²) in [6.07, 6.45) is 9.19. The van der Waals surface area contributed by atoms with E-state index in [4.69, 9.17) is 5.11 Å². The van der Waals surface area contributed by atoms with Crippen LogP contribution in [0.15, 0.2) is 48.5 Å². The lowest BCUT2D eigenvalue weighted by Gasteiger charge is -2.02. The van der Waals surface area contributed by atoms with Gasteiger partial charge >= 0.3 is 0 Å². The maximum absolute atomic E-state index is 9.13. The molecule has 2 aromatic rings. The van der Waals surface area contributed by atoms with E-state index in [0.29, 0.717) is 5.75 Å². The molecule has 0 heterocycles. The van der Waals surface area contributed by atoms with Crippen LogP contribution in [-0.4, -0.2) is 5.11 Å². The number of hydrogen-bond acceptors (Lipinski definition) is 1. The van der Waals surface area contributed by atoms with Crippen LogP contribution in [0.2, 0.25) is 0 Å². The van der Waals surface area contributed by atoms with Gasteiger partial charge in [0.1, 0.15) is 5.75 Å². The van der Waals surface area contributed by atoms with Gasteiger partial charge in [-0.1, -0.05) is 75.4 Å². The SMILES string of the molecule is CCCCCCCCc1ccc(O)cc1.Cc1ccccc1C. The van der Waals surface area contributed by atoms with E-state index in [1.54, 1.807) is 12.1 Å². The number of phenolic OH excluding ortho intramolecular Hbond substituents is 1. The van der Waals surface area contributed by atoms with Gasteiger partial charge in [0.05, 0.1) is 0 Å². The van der Waals surface area contributed by atoms with E-state index in [2.05, 4.69) is 45.0 Å². The van der Waals surface area contributed by atoms with Gasteiger partial charge in [-0.15, -0.1) is 0 Å². The number of aryl methyl sites for hydroxylation is 3. The number of unbranched alkanes of at least 4 members (excludes halogenated alkanes) is 5. The molecular weight excluding hydrogens is 280 g/mol. The average molecular weight is 312 g/mol. The quantitative estimate of drug-likeness (QED) is 0.571. The molecule has 1 N–H and O–H groups in total. The summed E-state index contributed by atoms with van der Waals surface area (Å²) in [6.45, 7) is 6.49. The Morgan fingerprint density at radius 2 is 1.22 bits per heavy atom. The molecule has 0 amide bonds. The third-order valence-electron chi connectivity index (χ3n) is 4.18. The van der Waals surface area contributed by atoms with Crippen molar-refractivity contribution in [3.8, 4) is 5.75 Å². The predicted molar refractivity (Wildman–Crippen MR) is 101 cm³/mol. The molecule has 126 valence electrons. The van der Waals surface area contributed by atoms with Crippen LogP contribution in [0.3, 0.4) is 0 Å². The van der Waals surface area contributed by atoms with Crippen LogP contribution >= 0.6 is 0 Å². The largest absolute Gasteiger partial charge is 0.508 e. The summed E-state index contributed by atoms with van der Waals surface area (Å²) in [6, 6.07) is 15.9. The molecule has 23 heavy (non-hydrogen) atoms. The van der Waals surface area contributed by atoms with Crippen LogP contribution in [0.1, 0.15) is 62.1 Å². The first-order chi connectivity index (χ1) is 11.1. The second-order valence-corrected chi connectivity index (χ2v) is 6.27. The molecular formula is C22H32O. The summed E-state index contributed by atoms with van der Waals surface area (Å²) >= 11 is 0. The number of aromatic hydroxyl groups is 1. The topological polar surface area (TPSA) is 20.2 Å². The molecule has 0 radical (unpaired) electrons. The maximum atomic E-state index is 9.13. The van der Waals surface area contributed by atoms with E-state index in [1.165, 1.54) is 55.2 Å². The zero-order chi connectivity index (χ0) is 16.9. The first-order valence-corrected chi connectivity index (χ1v) is 8.93. The van der Waals surface area contributed by atoms with E-state index >= 15 is 0 Å². The summed E-state index contributed by atoms with van der Waals surface area (Å²) in [5, 5.41) is 9.13. The summed E-state index contributed by atoms with van der Waals surface area (Å²) < 4.78 is 0. The number of benzene rings is 2. The highest BCUT2D eigenvalue weighted by Gasteiger charge is 1.94. The van der Waals surface area contributed by atoms with Gasteiger partial charge in [0.25, 0.3) is 0 Å². The van der Waals surface area contributed by atoms with Crippen molar-refractivity contribution in [2.45, 2.75) is 65.7 Å². The molecule has 0 fully saturated rings. The van der Waals surface area contributed by atoms with Crippen LogP contribution in [0.4, 0.5) is 0 Å². The molecule has 1 heteroatoms. The zero-order valence-electron chi connectivity index (χ0n) is 15.0. The second-order valence-electron chi connectivity index (χ2n) is 6.27. The normalized spacial score (nSPS) is 10.0. The Morgan fingerprint density at radius 3 is 1.74 bits per heavy atom. The van der Waals surface area contributed by atoms with Crippen LogP contribution in [-0.2, 0) is 6.42 Å². The lowest BCUT2D eigenvalue weighted by molar-refractivity contribution is 0.475. The number of rotatable bonds is 7. The van der Waals surface area contributed by atoms with Crippen molar-refractivity contribution in [2.75, 3.05) is 0 Å². The van der Waals surface area contributed by atoms with Gasteiger partial charge in [-0.2, -0.15) is 0 Å². The molecule has 0 aliphatic carbocycles. The maximum Gasteiger partial charge on any atom is 0.115 e. The first kappa shape index (κ1) is 19.3. The Balaban J connectivity index is 0.000000277. The molecule has 0 aliphatic heterocycles. The molecule has 0 bridgehead atoms. The summed E-state index contributed by atoms with van der Waals surface area (Å²) in [7, 11) is 0. The van der Waals surface area contributed by atoms with Gasteiger partial charge < -0.3 is 5.11 Å². The van der Waals surface area contributed by atoms with Crippen LogP contribution in [0, 0.1) is 13.8 Å². The Morgan fingerprint density at radius 1 is 0.696 bits per heavy atom. The van der Waals surface area contributed by atoms with Gasteiger partial charge in [0.2, 0.25) is 0 Å². The lowest BCUT2D eigenvalue weighted by atomic mass is 10.1. The fraction of sp³-hybridized carbons (Fsp3) is 0.455. The van der Waals surface area contributed by atoms with Gasteiger partial charge in [0, 0.05) is 0 Å². The highest BCUT2D eigenvalue weighted by atomic mass is 16.3. The Labute approximate surface area is 142 Å². The third-order valence-corrected chi connectivity index (χ3v) is 4.18. The smallest absolute Gasteiger partial charge is 0.115 e. The highest BCUT2D eigenvalue weighted by molar-refractivity contribution is 5.25. The van der Waals surface area contributed by atoms with Crippen LogP contribution in [0.25, 0.3) is 0 Å². The Bertz CT molecular complexity index is 507. The van der Waals surface area contributed by atoms with E-state index < -0.39 is 0 Å². The minimum atomic E-state index is 0.363. The lowest BCUT2D eigenvalue weighted by Crippen LogP contribution is -1.85. The standard InChI is InChI=1S/C14H22O.C8H10/c1-2-3-4-5-6-7-8-13-9-11-14(15)12-10-13;1-7-5-3-4-6-8(7)2/h9-12,15H,2-8H2,1H3;3-6H,1-2H3. The van der Waals surface area contributed by atoms with Crippen molar-refractivity contribution in [3.05, 3.63) is 65.2 Å². The van der Waals surface area contributed by atoms with Crippen molar-refractivity contribution in [1.29, 1.82) is 0 Å². The molecule has 1 nitrogen and oxygen atoms in total. The summed E-state index contributed by atoms with van der Waals surface area (Å²) in [5.41, 5.74) is 4.07. The van der Waals surface area contributed by atoms with E-state index in [9.17, 15) is 0 Å². The molecule has 0 saturated heterocycles. The first-order valence-electron chi connectivity index (χ1n) is 8.93. The third kappa shape index (κ3) is 9.07. The predicted octanol–water partition coefficient (Wildman–Crippen LogP) is 6.60. The van der Waals surface area contributed by atoms with Gasteiger partial charge in [-0.25, -0.2) is 0 Å². The van der Waals surface area contributed by atoms with Crippen LogP contribution in [0.5, 0.6) is 5.75 Å².